The van der Waals surface area contributed by atoms with Gasteiger partial charge in [0.15, 0.2) is 0 Å². The number of carbonyl (C=O) groups excluding carboxylic acids is 2. The van der Waals surface area contributed by atoms with Crippen molar-refractivity contribution in [1.82, 2.24) is 0 Å². The highest BCUT2D eigenvalue weighted by Crippen LogP contribution is 2.24. The Labute approximate surface area is 148 Å². The van der Waals surface area contributed by atoms with Crippen LogP contribution in [-0.2, 0) is 9.47 Å². The van der Waals surface area contributed by atoms with Gasteiger partial charge in [0.25, 0.3) is 0 Å². The maximum atomic E-state index is 11.9. The fourth-order valence-corrected chi connectivity index (χ4v) is 2.47. The molecule has 2 aromatic carbocycles. The molecule has 24 heavy (non-hydrogen) atoms. The first-order chi connectivity index (χ1) is 11.4. The minimum Gasteiger partial charge on any atom is -0.465 e. The standard InChI is InChI=1S/C17H13Cl2NO4/c1-23-16(21)10-3-4-11(15(5-10)17(22)24-2)9-20-14-7-12(18)6-13(19)8-14/h3-9H,1-2H3/b20-9+. The van der Waals surface area contributed by atoms with Crippen LogP contribution in [0.25, 0.3) is 0 Å². The predicted molar refractivity (Wildman–Crippen MR) is 92.8 cm³/mol. The Morgan fingerprint density at radius 1 is 0.958 bits per heavy atom. The molecule has 7 heteroatoms. The third-order valence-corrected chi connectivity index (χ3v) is 3.52. The highest BCUT2D eigenvalue weighted by molar-refractivity contribution is 6.35. The van der Waals surface area contributed by atoms with E-state index >= 15 is 0 Å². The molecule has 0 N–H and O–H groups in total. The Hall–Kier alpha value is -2.37. The topological polar surface area (TPSA) is 65.0 Å². The van der Waals surface area contributed by atoms with Crippen molar-refractivity contribution in [2.24, 2.45) is 4.99 Å². The smallest absolute Gasteiger partial charge is 0.338 e. The van der Waals surface area contributed by atoms with Gasteiger partial charge in [-0.05, 0) is 30.3 Å². The first-order valence-corrected chi connectivity index (χ1v) is 7.51. The number of halogens is 2. The highest BCUT2D eigenvalue weighted by Gasteiger charge is 2.15. The summed E-state index contributed by atoms with van der Waals surface area (Å²) in [6, 6.07) is 9.35. The lowest BCUT2D eigenvalue weighted by Gasteiger charge is -2.06. The quantitative estimate of drug-likeness (QED) is 0.597. The monoisotopic (exact) mass is 365 g/mol. The second-order valence-electron chi connectivity index (χ2n) is 4.67. The first-order valence-electron chi connectivity index (χ1n) is 6.75. The van der Waals surface area contributed by atoms with Crippen molar-refractivity contribution in [2.45, 2.75) is 0 Å². The third-order valence-electron chi connectivity index (χ3n) is 3.08. The molecule has 2 rings (SSSR count). The van der Waals surface area contributed by atoms with Gasteiger partial charge in [0.2, 0.25) is 0 Å². The van der Waals surface area contributed by atoms with Crippen molar-refractivity contribution < 1.29 is 19.1 Å². The van der Waals surface area contributed by atoms with Crippen LogP contribution >= 0.6 is 23.2 Å². The van der Waals surface area contributed by atoms with Crippen LogP contribution in [0, 0.1) is 0 Å². The van der Waals surface area contributed by atoms with E-state index in [2.05, 4.69) is 9.73 Å². The molecule has 0 radical (unpaired) electrons. The van der Waals surface area contributed by atoms with E-state index in [9.17, 15) is 9.59 Å². The molecule has 0 atom stereocenters. The Morgan fingerprint density at radius 3 is 2.17 bits per heavy atom. The van der Waals surface area contributed by atoms with Crippen molar-refractivity contribution in [3.05, 3.63) is 63.1 Å². The number of benzene rings is 2. The Kier molecular flexibility index (Phi) is 5.95. The summed E-state index contributed by atoms with van der Waals surface area (Å²) < 4.78 is 9.39. The zero-order chi connectivity index (χ0) is 17.7. The number of methoxy groups -OCH3 is 2. The summed E-state index contributed by atoms with van der Waals surface area (Å²) in [5.74, 6) is -1.14. The number of aliphatic imine (C=N–C) groups is 1. The molecule has 0 aliphatic carbocycles. The van der Waals surface area contributed by atoms with E-state index in [1.807, 2.05) is 0 Å². The van der Waals surface area contributed by atoms with Crippen molar-refractivity contribution >= 4 is 47.0 Å². The molecule has 0 bridgehead atoms. The summed E-state index contributed by atoms with van der Waals surface area (Å²) in [5, 5.41) is 0.896. The maximum absolute atomic E-state index is 11.9. The summed E-state index contributed by atoms with van der Waals surface area (Å²) in [4.78, 5) is 27.8. The predicted octanol–water partition coefficient (Wildman–Crippen LogP) is 4.32. The second-order valence-corrected chi connectivity index (χ2v) is 5.54. The van der Waals surface area contributed by atoms with E-state index in [-0.39, 0.29) is 11.1 Å². The van der Waals surface area contributed by atoms with Gasteiger partial charge in [0.05, 0.1) is 31.0 Å². The molecule has 0 spiro atoms. The van der Waals surface area contributed by atoms with Gasteiger partial charge in [-0.3, -0.25) is 4.99 Å². The Morgan fingerprint density at radius 2 is 1.58 bits per heavy atom. The van der Waals surface area contributed by atoms with E-state index in [1.165, 1.54) is 32.6 Å². The van der Waals surface area contributed by atoms with E-state index in [4.69, 9.17) is 27.9 Å². The zero-order valence-corrected chi connectivity index (χ0v) is 14.4. The van der Waals surface area contributed by atoms with Gasteiger partial charge in [-0.1, -0.05) is 29.3 Å². The molecule has 0 amide bonds. The summed E-state index contributed by atoms with van der Waals surface area (Å²) in [7, 11) is 2.52. The summed E-state index contributed by atoms with van der Waals surface area (Å²) in [6.45, 7) is 0. The van der Waals surface area contributed by atoms with Gasteiger partial charge >= 0.3 is 11.9 Å². The van der Waals surface area contributed by atoms with E-state index in [0.717, 1.165) is 0 Å². The minimum absolute atomic E-state index is 0.192. The second kappa shape index (κ2) is 7.95. The highest BCUT2D eigenvalue weighted by atomic mass is 35.5. The minimum atomic E-state index is -0.591. The van der Waals surface area contributed by atoms with Gasteiger partial charge < -0.3 is 9.47 Å². The van der Waals surface area contributed by atoms with Gasteiger partial charge in [-0.15, -0.1) is 0 Å². The molecule has 0 saturated heterocycles. The fourth-order valence-electron chi connectivity index (χ4n) is 1.96. The van der Waals surface area contributed by atoms with Crippen LogP contribution in [0.4, 0.5) is 5.69 Å². The largest absolute Gasteiger partial charge is 0.465 e. The summed E-state index contributed by atoms with van der Waals surface area (Å²) in [5.41, 5.74) is 1.43. The lowest BCUT2D eigenvalue weighted by Crippen LogP contribution is -2.09. The number of carbonyl (C=O) groups is 2. The van der Waals surface area contributed by atoms with Crippen molar-refractivity contribution in [2.75, 3.05) is 14.2 Å². The molecule has 124 valence electrons. The molecule has 0 aliphatic heterocycles. The van der Waals surface area contributed by atoms with Crippen LogP contribution in [0.5, 0.6) is 0 Å². The molecule has 0 aliphatic rings. The molecule has 0 saturated carbocycles. The van der Waals surface area contributed by atoms with Crippen LogP contribution < -0.4 is 0 Å². The van der Waals surface area contributed by atoms with Crippen molar-refractivity contribution in [3.8, 4) is 0 Å². The maximum Gasteiger partial charge on any atom is 0.338 e. The molecular formula is C17H13Cl2NO4. The molecule has 5 nitrogen and oxygen atoms in total. The Bertz CT molecular complexity index is 798. The van der Waals surface area contributed by atoms with Gasteiger partial charge in [0.1, 0.15) is 0 Å². The number of nitrogens with zero attached hydrogens (tertiary/aromatic N) is 1. The molecule has 0 unspecified atom stereocenters. The van der Waals surface area contributed by atoms with Gasteiger partial charge in [-0.2, -0.15) is 0 Å². The molecule has 0 heterocycles. The van der Waals surface area contributed by atoms with Gasteiger partial charge in [0, 0.05) is 21.8 Å². The van der Waals surface area contributed by atoms with E-state index < -0.39 is 11.9 Å². The van der Waals surface area contributed by atoms with Crippen molar-refractivity contribution in [3.63, 3.8) is 0 Å². The lowest BCUT2D eigenvalue weighted by atomic mass is 10.0. The summed E-state index contributed by atoms with van der Waals surface area (Å²) >= 11 is 11.8. The van der Waals surface area contributed by atoms with Crippen LogP contribution in [-0.4, -0.2) is 32.4 Å². The number of ether oxygens (including phenoxy) is 2. The number of hydrogen-bond acceptors (Lipinski definition) is 5. The van der Waals surface area contributed by atoms with Crippen LogP contribution in [0.3, 0.4) is 0 Å². The zero-order valence-electron chi connectivity index (χ0n) is 12.9. The van der Waals surface area contributed by atoms with Crippen LogP contribution in [0.1, 0.15) is 26.3 Å². The average molecular weight is 366 g/mol. The van der Waals surface area contributed by atoms with Crippen molar-refractivity contribution in [1.29, 1.82) is 0 Å². The normalized spacial score (nSPS) is 10.7. The number of rotatable bonds is 4. The number of esters is 2. The molecule has 0 fully saturated rings. The number of hydrogen-bond donors (Lipinski definition) is 0. The lowest BCUT2D eigenvalue weighted by molar-refractivity contribution is 0.0599. The molecular weight excluding hydrogens is 353 g/mol. The van der Waals surface area contributed by atoms with Crippen LogP contribution in [0.15, 0.2) is 41.4 Å². The van der Waals surface area contributed by atoms with Gasteiger partial charge in [-0.25, -0.2) is 9.59 Å². The fraction of sp³-hybridized carbons (Fsp3) is 0.118. The summed E-state index contributed by atoms with van der Waals surface area (Å²) in [6.07, 6.45) is 1.47. The third kappa shape index (κ3) is 4.34. The average Bonchev–Trinajstić information content (AvgIpc) is 2.57. The first kappa shape index (κ1) is 18.0. The molecule has 0 aromatic heterocycles. The van der Waals surface area contributed by atoms with E-state index in [1.54, 1.807) is 24.3 Å². The SMILES string of the molecule is COC(=O)c1ccc(/C=N/c2cc(Cl)cc(Cl)c2)c(C(=O)OC)c1. The molecule has 2 aromatic rings. The Balaban J connectivity index is 2.43. The van der Waals surface area contributed by atoms with E-state index in [0.29, 0.717) is 21.3 Å². The van der Waals surface area contributed by atoms with Crippen LogP contribution in [0.2, 0.25) is 10.0 Å².